The van der Waals surface area contributed by atoms with Crippen LogP contribution in [0.2, 0.25) is 0 Å². The summed E-state index contributed by atoms with van der Waals surface area (Å²) in [4.78, 5) is 15.8. The minimum Gasteiger partial charge on any atom is -0.372 e. The number of piperidine rings is 2. The van der Waals surface area contributed by atoms with Crippen LogP contribution in [0.25, 0.3) is 0 Å². The van der Waals surface area contributed by atoms with Gasteiger partial charge in [-0.25, -0.2) is 0 Å². The molecule has 3 nitrogen and oxygen atoms in total. The van der Waals surface area contributed by atoms with E-state index in [9.17, 15) is 4.79 Å². The highest BCUT2D eigenvalue weighted by molar-refractivity contribution is 5.75. The maximum Gasteiger partial charge on any atom is 0.150 e. The van der Waals surface area contributed by atoms with Gasteiger partial charge in [-0.3, -0.25) is 4.79 Å². The van der Waals surface area contributed by atoms with Gasteiger partial charge < -0.3 is 9.80 Å². The van der Waals surface area contributed by atoms with Crippen LogP contribution >= 0.6 is 0 Å². The number of nitrogens with zero attached hydrogens (tertiary/aromatic N) is 2. The van der Waals surface area contributed by atoms with E-state index < -0.39 is 0 Å². The van der Waals surface area contributed by atoms with Gasteiger partial charge in [0, 0.05) is 30.9 Å². The molecule has 2 aliphatic rings. The first-order chi connectivity index (χ1) is 10.3. The van der Waals surface area contributed by atoms with Crippen molar-refractivity contribution in [3.05, 3.63) is 29.8 Å². The molecule has 2 aliphatic heterocycles. The van der Waals surface area contributed by atoms with Gasteiger partial charge in [0.25, 0.3) is 0 Å². The Morgan fingerprint density at radius 2 is 1.62 bits per heavy atom. The highest BCUT2D eigenvalue weighted by atomic mass is 16.1. The molecular formula is C18H26N2O. The molecule has 0 saturated carbocycles. The van der Waals surface area contributed by atoms with Crippen molar-refractivity contribution in [2.45, 2.75) is 32.1 Å². The van der Waals surface area contributed by atoms with Gasteiger partial charge >= 0.3 is 0 Å². The quantitative estimate of drug-likeness (QED) is 0.794. The number of hydrogen-bond donors (Lipinski definition) is 0. The van der Waals surface area contributed by atoms with Crippen LogP contribution < -0.4 is 4.90 Å². The largest absolute Gasteiger partial charge is 0.372 e. The lowest BCUT2D eigenvalue weighted by Gasteiger charge is -2.37. The van der Waals surface area contributed by atoms with Gasteiger partial charge in [-0.15, -0.1) is 0 Å². The monoisotopic (exact) mass is 286 g/mol. The van der Waals surface area contributed by atoms with Crippen LogP contribution in [0.3, 0.4) is 0 Å². The van der Waals surface area contributed by atoms with Gasteiger partial charge in [-0.05, 0) is 69.0 Å². The van der Waals surface area contributed by atoms with E-state index in [2.05, 4.69) is 21.9 Å². The number of benzene rings is 1. The molecule has 2 saturated heterocycles. The lowest BCUT2D eigenvalue weighted by molar-refractivity contribution is 0.112. The number of likely N-dealkylation sites (tertiary alicyclic amines) is 1. The molecule has 1 aromatic rings. The van der Waals surface area contributed by atoms with Gasteiger partial charge in [0.05, 0.1) is 0 Å². The molecule has 2 heterocycles. The van der Waals surface area contributed by atoms with Crippen LogP contribution in [-0.4, -0.2) is 43.9 Å². The fourth-order valence-corrected chi connectivity index (χ4v) is 3.64. The Morgan fingerprint density at radius 1 is 0.952 bits per heavy atom. The molecule has 2 fully saturated rings. The second kappa shape index (κ2) is 7.08. The summed E-state index contributed by atoms with van der Waals surface area (Å²) >= 11 is 0. The Kier molecular flexibility index (Phi) is 4.91. The number of hydrogen-bond acceptors (Lipinski definition) is 3. The van der Waals surface area contributed by atoms with Gasteiger partial charge in [0.15, 0.2) is 0 Å². The van der Waals surface area contributed by atoms with E-state index >= 15 is 0 Å². The normalized spacial score (nSPS) is 21.4. The Bertz CT molecular complexity index is 443. The molecule has 0 radical (unpaired) electrons. The lowest BCUT2D eigenvalue weighted by Crippen LogP contribution is -2.40. The van der Waals surface area contributed by atoms with Crippen LogP contribution in [0, 0.1) is 5.92 Å². The Labute approximate surface area is 127 Å². The second-order valence-corrected chi connectivity index (χ2v) is 6.50. The molecule has 0 unspecified atom stereocenters. The molecule has 0 spiro atoms. The van der Waals surface area contributed by atoms with E-state index in [-0.39, 0.29) is 0 Å². The average molecular weight is 286 g/mol. The highest BCUT2D eigenvalue weighted by Crippen LogP contribution is 2.25. The van der Waals surface area contributed by atoms with Gasteiger partial charge in [0.2, 0.25) is 0 Å². The number of aldehydes is 1. The van der Waals surface area contributed by atoms with Crippen LogP contribution in [0.5, 0.6) is 0 Å². The number of anilines is 1. The predicted molar refractivity (Wildman–Crippen MR) is 87.1 cm³/mol. The van der Waals surface area contributed by atoms with E-state index in [0.717, 1.165) is 30.9 Å². The SMILES string of the molecule is O=Cc1ccc(N2CCC(CN3CCCCC3)CC2)cc1. The zero-order valence-corrected chi connectivity index (χ0v) is 12.8. The van der Waals surface area contributed by atoms with E-state index in [4.69, 9.17) is 0 Å². The summed E-state index contributed by atoms with van der Waals surface area (Å²) in [6.07, 6.45) is 7.71. The fourth-order valence-electron chi connectivity index (χ4n) is 3.64. The average Bonchev–Trinajstić information content (AvgIpc) is 2.57. The summed E-state index contributed by atoms with van der Waals surface area (Å²) in [7, 11) is 0. The first-order valence-corrected chi connectivity index (χ1v) is 8.38. The Morgan fingerprint density at radius 3 is 2.24 bits per heavy atom. The third-order valence-electron chi connectivity index (χ3n) is 4.97. The van der Waals surface area contributed by atoms with E-state index in [1.165, 1.54) is 57.4 Å². The van der Waals surface area contributed by atoms with Gasteiger partial charge in [-0.2, -0.15) is 0 Å². The minimum absolute atomic E-state index is 0.763. The molecule has 0 bridgehead atoms. The van der Waals surface area contributed by atoms with Gasteiger partial charge in [-0.1, -0.05) is 6.42 Å². The van der Waals surface area contributed by atoms with Crippen molar-refractivity contribution < 1.29 is 4.79 Å². The van der Waals surface area contributed by atoms with Crippen molar-refractivity contribution in [2.24, 2.45) is 5.92 Å². The summed E-state index contributed by atoms with van der Waals surface area (Å²) in [5, 5.41) is 0. The number of carbonyl (C=O) groups excluding carboxylic acids is 1. The molecule has 0 aromatic heterocycles. The Balaban J connectivity index is 1.48. The van der Waals surface area contributed by atoms with Gasteiger partial charge in [0.1, 0.15) is 6.29 Å². The summed E-state index contributed by atoms with van der Waals surface area (Å²) in [6, 6.07) is 7.99. The van der Waals surface area contributed by atoms with E-state index in [1.54, 1.807) is 0 Å². The van der Waals surface area contributed by atoms with Crippen molar-refractivity contribution in [1.29, 1.82) is 0 Å². The van der Waals surface area contributed by atoms with Crippen LogP contribution in [0.1, 0.15) is 42.5 Å². The summed E-state index contributed by atoms with van der Waals surface area (Å²) < 4.78 is 0. The van der Waals surface area contributed by atoms with E-state index in [0.29, 0.717) is 0 Å². The molecule has 0 aliphatic carbocycles. The first-order valence-electron chi connectivity index (χ1n) is 8.38. The van der Waals surface area contributed by atoms with Crippen molar-refractivity contribution in [1.82, 2.24) is 4.90 Å². The zero-order chi connectivity index (χ0) is 14.5. The van der Waals surface area contributed by atoms with E-state index in [1.807, 2.05) is 12.1 Å². The molecule has 21 heavy (non-hydrogen) atoms. The lowest BCUT2D eigenvalue weighted by atomic mass is 9.95. The maximum atomic E-state index is 10.7. The standard InChI is InChI=1S/C18H26N2O/c21-15-17-4-6-18(7-5-17)20-12-8-16(9-13-20)14-19-10-2-1-3-11-19/h4-7,15-16H,1-3,8-14H2. The molecule has 1 aromatic carbocycles. The second-order valence-electron chi connectivity index (χ2n) is 6.50. The third-order valence-corrected chi connectivity index (χ3v) is 4.97. The van der Waals surface area contributed by atoms with Crippen LogP contribution in [-0.2, 0) is 0 Å². The molecular weight excluding hydrogens is 260 g/mol. The number of carbonyl (C=O) groups is 1. The van der Waals surface area contributed by atoms with Crippen LogP contribution in [0.15, 0.2) is 24.3 Å². The fraction of sp³-hybridized carbons (Fsp3) is 0.611. The van der Waals surface area contributed by atoms with Crippen molar-refractivity contribution in [3.63, 3.8) is 0 Å². The Hall–Kier alpha value is -1.35. The van der Waals surface area contributed by atoms with Crippen molar-refractivity contribution in [3.8, 4) is 0 Å². The third kappa shape index (κ3) is 3.85. The topological polar surface area (TPSA) is 23.6 Å². The molecule has 3 heteroatoms. The van der Waals surface area contributed by atoms with Crippen molar-refractivity contribution >= 4 is 12.0 Å². The molecule has 114 valence electrons. The smallest absolute Gasteiger partial charge is 0.150 e. The summed E-state index contributed by atoms with van der Waals surface area (Å²) in [5.74, 6) is 0.869. The zero-order valence-electron chi connectivity index (χ0n) is 12.8. The van der Waals surface area contributed by atoms with Crippen molar-refractivity contribution in [2.75, 3.05) is 37.6 Å². The predicted octanol–water partition coefficient (Wildman–Crippen LogP) is 3.20. The highest BCUT2D eigenvalue weighted by Gasteiger charge is 2.22. The molecule has 0 N–H and O–H groups in total. The van der Waals surface area contributed by atoms with Crippen LogP contribution in [0.4, 0.5) is 5.69 Å². The molecule has 3 rings (SSSR count). The molecule has 0 atom stereocenters. The summed E-state index contributed by atoms with van der Waals surface area (Å²) in [5.41, 5.74) is 2.02. The minimum atomic E-state index is 0.763. The molecule has 0 amide bonds. The summed E-state index contributed by atoms with van der Waals surface area (Å²) in [6.45, 7) is 6.23. The maximum absolute atomic E-state index is 10.7. The first kappa shape index (κ1) is 14.6. The number of rotatable bonds is 4.